The number of hydrogen-bond donors (Lipinski definition) is 0. The van der Waals surface area contributed by atoms with Crippen molar-refractivity contribution in [2.45, 2.75) is 10.8 Å². The molecule has 0 bridgehead atoms. The largest absolute Gasteiger partial charge is 0.459 e. The van der Waals surface area contributed by atoms with Crippen LogP contribution >= 0.6 is 23.4 Å². The quantitative estimate of drug-likeness (QED) is 0.684. The Balaban J connectivity index is 1.70. The van der Waals surface area contributed by atoms with Crippen molar-refractivity contribution in [3.63, 3.8) is 0 Å². The number of pyridine rings is 1. The van der Waals surface area contributed by atoms with E-state index in [1.165, 1.54) is 11.8 Å². The van der Waals surface area contributed by atoms with Gasteiger partial charge in [0.15, 0.2) is 11.6 Å². The minimum atomic E-state index is 0.368. The van der Waals surface area contributed by atoms with Gasteiger partial charge in [-0.3, -0.25) is 0 Å². The van der Waals surface area contributed by atoms with Crippen molar-refractivity contribution in [1.29, 1.82) is 0 Å². The Morgan fingerprint density at radius 1 is 1.26 bits per heavy atom. The van der Waals surface area contributed by atoms with Gasteiger partial charge in [0, 0.05) is 6.20 Å². The summed E-state index contributed by atoms with van der Waals surface area (Å²) in [5.41, 5.74) is 0. The first-order valence-corrected chi connectivity index (χ1v) is 6.79. The second-order valence-corrected chi connectivity index (χ2v) is 4.94. The molecule has 96 valence electrons. The lowest BCUT2D eigenvalue weighted by molar-refractivity contribution is 0.411. The van der Waals surface area contributed by atoms with Gasteiger partial charge in [0.25, 0.3) is 5.89 Å². The normalized spacial score (nSPS) is 10.8. The zero-order chi connectivity index (χ0) is 13.1. The van der Waals surface area contributed by atoms with E-state index in [1.807, 2.05) is 0 Å². The molecule has 0 atom stereocenters. The van der Waals surface area contributed by atoms with Crippen LogP contribution in [0.5, 0.6) is 0 Å². The number of hydrogen-bond acceptors (Lipinski definition) is 6. The average Bonchev–Trinajstić information content (AvgIpc) is 3.09. The smallest absolute Gasteiger partial charge is 0.293 e. The van der Waals surface area contributed by atoms with Crippen LogP contribution in [0.25, 0.3) is 11.7 Å². The van der Waals surface area contributed by atoms with Crippen molar-refractivity contribution >= 4 is 23.4 Å². The second kappa shape index (κ2) is 5.46. The molecule has 0 amide bonds. The van der Waals surface area contributed by atoms with Crippen LogP contribution in [0.2, 0.25) is 5.02 Å². The fraction of sp³-hybridized carbons (Fsp3) is 0.0833. The molecule has 0 aliphatic rings. The molecule has 3 aromatic rings. The van der Waals surface area contributed by atoms with Crippen molar-refractivity contribution in [2.75, 3.05) is 0 Å². The maximum Gasteiger partial charge on any atom is 0.293 e. The van der Waals surface area contributed by atoms with Crippen LogP contribution in [0, 0.1) is 0 Å². The predicted molar refractivity (Wildman–Crippen MR) is 70.8 cm³/mol. The average molecular weight is 294 g/mol. The van der Waals surface area contributed by atoms with Gasteiger partial charge in [-0.1, -0.05) is 28.5 Å². The summed E-state index contributed by atoms with van der Waals surface area (Å²) in [5.74, 6) is 2.02. The summed E-state index contributed by atoms with van der Waals surface area (Å²) in [6, 6.07) is 7.11. The summed E-state index contributed by atoms with van der Waals surface area (Å²) in [7, 11) is 0. The lowest BCUT2D eigenvalue weighted by Gasteiger charge is -1.98. The van der Waals surface area contributed by atoms with Gasteiger partial charge >= 0.3 is 0 Å². The standard InChI is InChI=1S/C12H8ClN3O2S/c13-8-3-1-5-14-12(8)19-7-10-15-11(18-16-10)9-4-2-6-17-9/h1-6H,7H2. The first kappa shape index (κ1) is 12.3. The Labute approximate surface area is 118 Å². The molecule has 0 unspecified atom stereocenters. The Hall–Kier alpha value is -1.79. The van der Waals surface area contributed by atoms with Gasteiger partial charge in [-0.05, 0) is 24.3 Å². The van der Waals surface area contributed by atoms with Crippen LogP contribution in [0.4, 0.5) is 0 Å². The maximum atomic E-state index is 6.01. The number of nitrogens with zero attached hydrogens (tertiary/aromatic N) is 3. The third kappa shape index (κ3) is 2.80. The van der Waals surface area contributed by atoms with Crippen LogP contribution < -0.4 is 0 Å². The summed E-state index contributed by atoms with van der Waals surface area (Å²) in [6.07, 6.45) is 3.25. The lowest BCUT2D eigenvalue weighted by Crippen LogP contribution is -1.86. The van der Waals surface area contributed by atoms with Gasteiger partial charge in [-0.25, -0.2) is 4.98 Å². The summed E-state index contributed by atoms with van der Waals surface area (Å²) < 4.78 is 10.3. The van der Waals surface area contributed by atoms with Gasteiger partial charge < -0.3 is 8.94 Å². The second-order valence-electron chi connectivity index (χ2n) is 3.57. The van der Waals surface area contributed by atoms with Crippen LogP contribution in [-0.2, 0) is 5.75 Å². The van der Waals surface area contributed by atoms with Crippen LogP contribution in [0.3, 0.4) is 0 Å². The van der Waals surface area contributed by atoms with E-state index in [-0.39, 0.29) is 0 Å². The van der Waals surface area contributed by atoms with E-state index < -0.39 is 0 Å². The molecule has 0 fully saturated rings. The third-order valence-corrected chi connectivity index (χ3v) is 3.68. The van der Waals surface area contributed by atoms with Gasteiger partial charge in [0.2, 0.25) is 0 Å². The Morgan fingerprint density at radius 2 is 2.21 bits per heavy atom. The SMILES string of the molecule is Clc1cccnc1SCc1noc(-c2ccco2)n1. The fourth-order valence-electron chi connectivity index (χ4n) is 1.42. The molecule has 7 heteroatoms. The highest BCUT2D eigenvalue weighted by atomic mass is 35.5. The molecule has 0 radical (unpaired) electrons. The molecule has 0 aromatic carbocycles. The Morgan fingerprint density at radius 3 is 3.00 bits per heavy atom. The van der Waals surface area contributed by atoms with Crippen molar-refractivity contribution < 1.29 is 8.94 Å². The van der Waals surface area contributed by atoms with Gasteiger partial charge in [-0.15, -0.1) is 0 Å². The van der Waals surface area contributed by atoms with E-state index in [4.69, 9.17) is 20.5 Å². The highest BCUT2D eigenvalue weighted by molar-refractivity contribution is 7.98. The monoisotopic (exact) mass is 293 g/mol. The highest BCUT2D eigenvalue weighted by Gasteiger charge is 2.12. The van der Waals surface area contributed by atoms with Gasteiger partial charge in [-0.2, -0.15) is 4.98 Å². The Kier molecular flexibility index (Phi) is 3.52. The minimum Gasteiger partial charge on any atom is -0.459 e. The summed E-state index contributed by atoms with van der Waals surface area (Å²) in [5, 5.41) is 5.24. The molecule has 0 N–H and O–H groups in total. The first-order chi connectivity index (χ1) is 9.33. The minimum absolute atomic E-state index is 0.368. The zero-order valence-electron chi connectivity index (χ0n) is 9.62. The number of aromatic nitrogens is 3. The molecule has 3 rings (SSSR count). The molecule has 0 saturated carbocycles. The van der Waals surface area contributed by atoms with Crippen LogP contribution in [0.15, 0.2) is 50.7 Å². The third-order valence-electron chi connectivity index (χ3n) is 2.26. The topological polar surface area (TPSA) is 65.0 Å². The van der Waals surface area contributed by atoms with Gasteiger partial charge in [0.05, 0.1) is 17.0 Å². The molecule has 0 aliphatic heterocycles. The van der Waals surface area contributed by atoms with E-state index in [2.05, 4.69) is 15.1 Å². The molecular weight excluding hydrogens is 286 g/mol. The molecule has 0 saturated heterocycles. The van der Waals surface area contributed by atoms with Crippen LogP contribution in [-0.4, -0.2) is 15.1 Å². The summed E-state index contributed by atoms with van der Waals surface area (Å²) in [4.78, 5) is 8.41. The molecule has 5 nitrogen and oxygen atoms in total. The fourth-order valence-corrected chi connectivity index (χ4v) is 2.43. The van der Waals surface area contributed by atoms with E-state index >= 15 is 0 Å². The molecule has 3 aromatic heterocycles. The van der Waals surface area contributed by atoms with Crippen molar-refractivity contribution in [1.82, 2.24) is 15.1 Å². The first-order valence-electron chi connectivity index (χ1n) is 5.43. The summed E-state index contributed by atoms with van der Waals surface area (Å²) in [6.45, 7) is 0. The van der Waals surface area contributed by atoms with E-state index in [1.54, 1.807) is 36.7 Å². The maximum absolute atomic E-state index is 6.01. The molecule has 0 spiro atoms. The van der Waals surface area contributed by atoms with Gasteiger partial charge in [0.1, 0.15) is 5.03 Å². The molecule has 3 heterocycles. The van der Waals surface area contributed by atoms with Crippen molar-refractivity contribution in [2.24, 2.45) is 0 Å². The van der Waals surface area contributed by atoms with Crippen molar-refractivity contribution in [3.05, 3.63) is 47.6 Å². The van der Waals surface area contributed by atoms with E-state index in [9.17, 15) is 0 Å². The number of rotatable bonds is 4. The van der Waals surface area contributed by atoms with E-state index in [0.29, 0.717) is 28.3 Å². The van der Waals surface area contributed by atoms with Crippen LogP contribution in [0.1, 0.15) is 5.82 Å². The van der Waals surface area contributed by atoms with Crippen molar-refractivity contribution in [3.8, 4) is 11.7 Å². The molecular formula is C12H8ClN3O2S. The predicted octanol–water partition coefficient (Wildman–Crippen LogP) is 3.67. The number of thioether (sulfide) groups is 1. The Bertz CT molecular complexity index is 669. The molecule has 0 aliphatic carbocycles. The number of halogens is 1. The summed E-state index contributed by atoms with van der Waals surface area (Å²) >= 11 is 7.47. The molecule has 19 heavy (non-hydrogen) atoms. The zero-order valence-corrected chi connectivity index (χ0v) is 11.2. The number of furan rings is 1. The lowest BCUT2D eigenvalue weighted by atomic mass is 10.4. The highest BCUT2D eigenvalue weighted by Crippen LogP contribution is 2.27. The van der Waals surface area contributed by atoms with E-state index in [0.717, 1.165) is 5.03 Å².